The Morgan fingerprint density at radius 2 is 2.14 bits per heavy atom. The van der Waals surface area contributed by atoms with Crippen molar-refractivity contribution in [3.8, 4) is 0 Å². The van der Waals surface area contributed by atoms with Crippen molar-refractivity contribution in [3.63, 3.8) is 0 Å². The number of rotatable bonds is 5. The second kappa shape index (κ2) is 8.06. The number of hydrogen-bond donors (Lipinski definition) is 1. The first-order valence-electron chi connectivity index (χ1n) is 7.21. The van der Waals surface area contributed by atoms with Gasteiger partial charge in [-0.25, -0.2) is 8.42 Å². The molecule has 1 heterocycles. The lowest BCUT2D eigenvalue weighted by molar-refractivity contribution is 0.101. The Labute approximate surface area is 138 Å². The molecule has 1 aliphatic heterocycles. The molecule has 1 aromatic carbocycles. The molecule has 1 atom stereocenters. The van der Waals surface area contributed by atoms with Gasteiger partial charge in [-0.3, -0.25) is 4.79 Å². The third-order valence-electron chi connectivity index (χ3n) is 3.85. The molecule has 5 nitrogen and oxygen atoms in total. The molecule has 7 heteroatoms. The first-order valence-corrected chi connectivity index (χ1v) is 8.65. The quantitative estimate of drug-likeness (QED) is 0.827. The third kappa shape index (κ3) is 4.29. The summed E-state index contributed by atoms with van der Waals surface area (Å²) in [6, 6.07) is 6.29. The maximum Gasteiger partial charge on any atom is 0.243 e. The molecule has 0 bridgehead atoms. The molecule has 0 amide bonds. The normalized spacial score (nSPS) is 19.5. The van der Waals surface area contributed by atoms with Gasteiger partial charge in [0.2, 0.25) is 10.0 Å². The van der Waals surface area contributed by atoms with Gasteiger partial charge in [-0.1, -0.05) is 12.1 Å². The minimum atomic E-state index is -3.52. The number of Topliss-reactive ketones (excluding diaryl/α,β-unsaturated/α-hetero) is 1. The van der Waals surface area contributed by atoms with E-state index in [2.05, 4.69) is 5.32 Å². The summed E-state index contributed by atoms with van der Waals surface area (Å²) in [4.78, 5) is 11.6. The Hall–Kier alpha value is -0.950. The van der Waals surface area contributed by atoms with Crippen LogP contribution >= 0.6 is 12.4 Å². The van der Waals surface area contributed by atoms with Crippen LogP contribution < -0.4 is 5.32 Å². The minimum Gasteiger partial charge on any atom is -0.319 e. The molecule has 1 aromatic rings. The van der Waals surface area contributed by atoms with Crippen LogP contribution in [0.3, 0.4) is 0 Å². The highest BCUT2D eigenvalue weighted by Gasteiger charge is 2.30. The number of halogens is 1. The number of hydrogen-bond acceptors (Lipinski definition) is 4. The van der Waals surface area contributed by atoms with Gasteiger partial charge < -0.3 is 5.32 Å². The molecule has 1 aliphatic rings. The van der Waals surface area contributed by atoms with Crippen molar-refractivity contribution in [2.75, 3.05) is 26.7 Å². The molecule has 0 radical (unpaired) electrons. The molecule has 124 valence electrons. The molecule has 0 saturated carbocycles. The van der Waals surface area contributed by atoms with Crippen LogP contribution in [0.2, 0.25) is 0 Å². The Morgan fingerprint density at radius 1 is 1.41 bits per heavy atom. The SMILES string of the molecule is CNCC1CCCN(S(=O)(=O)c2cccc(C(C)=O)c2)C1.Cl. The largest absolute Gasteiger partial charge is 0.319 e. The second-order valence-corrected chi connectivity index (χ2v) is 7.45. The lowest BCUT2D eigenvalue weighted by Crippen LogP contribution is -2.42. The molecule has 1 fully saturated rings. The van der Waals surface area contributed by atoms with E-state index in [0.717, 1.165) is 19.4 Å². The predicted molar refractivity (Wildman–Crippen MR) is 89.1 cm³/mol. The van der Waals surface area contributed by atoms with E-state index in [1.807, 2.05) is 7.05 Å². The summed E-state index contributed by atoms with van der Waals surface area (Å²) >= 11 is 0. The fourth-order valence-electron chi connectivity index (χ4n) is 2.73. The highest BCUT2D eigenvalue weighted by atomic mass is 35.5. The van der Waals surface area contributed by atoms with Crippen molar-refractivity contribution in [2.45, 2.75) is 24.7 Å². The molecule has 0 spiro atoms. The number of sulfonamides is 1. The number of piperidine rings is 1. The Morgan fingerprint density at radius 3 is 2.77 bits per heavy atom. The summed E-state index contributed by atoms with van der Waals surface area (Å²) in [7, 11) is -1.64. The van der Waals surface area contributed by atoms with Crippen LogP contribution in [-0.2, 0) is 10.0 Å². The number of carbonyl (C=O) groups excluding carboxylic acids is 1. The highest BCUT2D eigenvalue weighted by Crippen LogP contribution is 2.24. The maximum atomic E-state index is 12.7. The summed E-state index contributed by atoms with van der Waals surface area (Å²) in [6.07, 6.45) is 1.92. The number of nitrogens with one attached hydrogen (secondary N) is 1. The molecule has 22 heavy (non-hydrogen) atoms. The topological polar surface area (TPSA) is 66.5 Å². The van der Waals surface area contributed by atoms with Crippen molar-refractivity contribution in [3.05, 3.63) is 29.8 Å². The number of carbonyl (C=O) groups is 1. The Kier molecular flexibility index (Phi) is 6.99. The Balaban J connectivity index is 0.00000242. The van der Waals surface area contributed by atoms with Crippen LogP contribution in [-0.4, -0.2) is 45.2 Å². The van der Waals surface area contributed by atoms with Gasteiger partial charge in [0, 0.05) is 18.7 Å². The highest BCUT2D eigenvalue weighted by molar-refractivity contribution is 7.89. The fraction of sp³-hybridized carbons (Fsp3) is 0.533. The summed E-state index contributed by atoms with van der Waals surface area (Å²) in [6.45, 7) is 3.34. The maximum absolute atomic E-state index is 12.7. The van der Waals surface area contributed by atoms with E-state index in [9.17, 15) is 13.2 Å². The molecule has 0 aliphatic carbocycles. The van der Waals surface area contributed by atoms with Crippen molar-refractivity contribution >= 4 is 28.2 Å². The third-order valence-corrected chi connectivity index (χ3v) is 5.71. The summed E-state index contributed by atoms with van der Waals surface area (Å²) in [5.74, 6) is 0.216. The molecule has 1 N–H and O–H groups in total. The zero-order valence-electron chi connectivity index (χ0n) is 12.9. The fourth-order valence-corrected chi connectivity index (χ4v) is 4.33. The van der Waals surface area contributed by atoms with E-state index in [1.54, 1.807) is 18.2 Å². The monoisotopic (exact) mass is 346 g/mol. The van der Waals surface area contributed by atoms with E-state index < -0.39 is 10.0 Å². The van der Waals surface area contributed by atoms with Crippen LogP contribution in [0.15, 0.2) is 29.2 Å². The van der Waals surface area contributed by atoms with Crippen LogP contribution in [0.4, 0.5) is 0 Å². The number of nitrogens with zero attached hydrogens (tertiary/aromatic N) is 1. The van der Waals surface area contributed by atoms with Crippen molar-refractivity contribution in [1.82, 2.24) is 9.62 Å². The number of ketones is 1. The standard InChI is InChI=1S/C15H22N2O3S.ClH/c1-12(18)14-6-3-7-15(9-14)21(19,20)17-8-4-5-13(11-17)10-16-2;/h3,6-7,9,13,16H,4-5,8,10-11H2,1-2H3;1H. The van der Waals surface area contributed by atoms with Crippen molar-refractivity contribution < 1.29 is 13.2 Å². The van der Waals surface area contributed by atoms with Crippen molar-refractivity contribution in [2.24, 2.45) is 5.92 Å². The Bertz CT molecular complexity index is 617. The average Bonchev–Trinajstić information content (AvgIpc) is 2.48. The average molecular weight is 347 g/mol. The lowest BCUT2D eigenvalue weighted by atomic mass is 10.00. The molecule has 2 rings (SSSR count). The van der Waals surface area contributed by atoms with Gasteiger partial charge in [-0.15, -0.1) is 12.4 Å². The zero-order valence-corrected chi connectivity index (χ0v) is 14.5. The molecular formula is C15H23ClN2O3S. The van der Waals surface area contributed by atoms with Gasteiger partial charge in [-0.05, 0) is 51.4 Å². The number of benzene rings is 1. The second-order valence-electron chi connectivity index (χ2n) is 5.51. The van der Waals surface area contributed by atoms with Gasteiger partial charge in [0.05, 0.1) is 4.90 Å². The predicted octanol–water partition coefficient (Wildman–Crippen LogP) is 1.93. The summed E-state index contributed by atoms with van der Waals surface area (Å²) in [5.41, 5.74) is 0.430. The van der Waals surface area contributed by atoms with Gasteiger partial charge >= 0.3 is 0 Å². The van der Waals surface area contributed by atoms with Crippen LogP contribution in [0.5, 0.6) is 0 Å². The van der Waals surface area contributed by atoms with Gasteiger partial charge in [0.25, 0.3) is 0 Å². The first-order chi connectivity index (χ1) is 9.95. The molecule has 1 saturated heterocycles. The van der Waals surface area contributed by atoms with E-state index in [-0.39, 0.29) is 23.1 Å². The van der Waals surface area contributed by atoms with Crippen molar-refractivity contribution in [1.29, 1.82) is 0 Å². The summed E-state index contributed by atoms with van der Waals surface area (Å²) in [5, 5.41) is 3.11. The van der Waals surface area contributed by atoms with Gasteiger partial charge in [0.15, 0.2) is 5.78 Å². The molecule has 0 aromatic heterocycles. The van der Waals surface area contributed by atoms with E-state index in [0.29, 0.717) is 24.6 Å². The minimum absolute atomic E-state index is 0. The zero-order chi connectivity index (χ0) is 15.5. The van der Waals surface area contributed by atoms with Crippen LogP contribution in [0.1, 0.15) is 30.1 Å². The van der Waals surface area contributed by atoms with Crippen LogP contribution in [0, 0.1) is 5.92 Å². The van der Waals surface area contributed by atoms with Crippen LogP contribution in [0.25, 0.3) is 0 Å². The van der Waals surface area contributed by atoms with Gasteiger partial charge in [-0.2, -0.15) is 4.31 Å². The van der Waals surface area contributed by atoms with E-state index >= 15 is 0 Å². The first kappa shape index (κ1) is 19.1. The molecule has 1 unspecified atom stereocenters. The smallest absolute Gasteiger partial charge is 0.243 e. The van der Waals surface area contributed by atoms with E-state index in [1.165, 1.54) is 17.3 Å². The van der Waals surface area contributed by atoms with Gasteiger partial charge in [0.1, 0.15) is 0 Å². The summed E-state index contributed by atoms with van der Waals surface area (Å²) < 4.78 is 27.0. The lowest BCUT2D eigenvalue weighted by Gasteiger charge is -2.31. The van der Waals surface area contributed by atoms with E-state index in [4.69, 9.17) is 0 Å². The molecular weight excluding hydrogens is 324 g/mol.